The van der Waals surface area contributed by atoms with Crippen LogP contribution in [0.4, 0.5) is 10.7 Å². The van der Waals surface area contributed by atoms with Gasteiger partial charge in [0.2, 0.25) is 0 Å². The molecule has 0 aliphatic carbocycles. The second kappa shape index (κ2) is 9.19. The molecule has 0 aliphatic rings. The Morgan fingerprint density at radius 2 is 1.93 bits per heavy atom. The Morgan fingerprint density at radius 1 is 1.21 bits per heavy atom. The van der Waals surface area contributed by atoms with Crippen LogP contribution >= 0.6 is 23.6 Å². The van der Waals surface area contributed by atoms with E-state index in [4.69, 9.17) is 17.0 Å². The largest absolute Gasteiger partial charge is 0.462 e. The van der Waals surface area contributed by atoms with Crippen LogP contribution in [0.2, 0.25) is 0 Å². The average Bonchev–Trinajstić information content (AvgIpc) is 3.21. The molecule has 0 spiro atoms. The Kier molecular flexibility index (Phi) is 6.66. The molecule has 0 atom stereocenters. The fraction of sp³-hybridized carbons (Fsp3) is 0.286. The molecule has 152 valence electrons. The number of aromatic nitrogens is 2. The predicted octanol–water partition coefficient (Wildman–Crippen LogP) is 5.23. The van der Waals surface area contributed by atoms with E-state index in [2.05, 4.69) is 15.7 Å². The maximum absolute atomic E-state index is 12.8. The number of nitrogens with one attached hydrogen (secondary N) is 2. The molecule has 0 radical (unpaired) electrons. The summed E-state index contributed by atoms with van der Waals surface area (Å²) in [7, 11) is 0. The van der Waals surface area contributed by atoms with Crippen LogP contribution in [0.15, 0.2) is 36.5 Å². The van der Waals surface area contributed by atoms with Crippen LogP contribution in [0.25, 0.3) is 11.1 Å². The predicted molar refractivity (Wildman–Crippen MR) is 123 cm³/mol. The first-order valence-corrected chi connectivity index (χ1v) is 10.6. The number of benzene rings is 1. The van der Waals surface area contributed by atoms with Crippen molar-refractivity contribution < 1.29 is 9.53 Å². The number of ether oxygens (including phenoxy) is 1. The number of thiocarbonyl (C=S) groups is 1. The van der Waals surface area contributed by atoms with E-state index in [-0.39, 0.29) is 5.97 Å². The summed E-state index contributed by atoms with van der Waals surface area (Å²) in [5, 5.41) is 11.7. The van der Waals surface area contributed by atoms with E-state index >= 15 is 0 Å². The van der Waals surface area contributed by atoms with Crippen molar-refractivity contribution in [3.05, 3.63) is 52.7 Å². The highest BCUT2D eigenvalue weighted by molar-refractivity contribution is 7.80. The third kappa shape index (κ3) is 4.49. The molecule has 8 heteroatoms. The third-order valence-electron chi connectivity index (χ3n) is 4.50. The third-order valence-corrected chi connectivity index (χ3v) is 5.73. The van der Waals surface area contributed by atoms with Crippen LogP contribution in [0.3, 0.4) is 0 Å². The summed E-state index contributed by atoms with van der Waals surface area (Å²) < 4.78 is 7.22. The molecule has 2 aromatic heterocycles. The van der Waals surface area contributed by atoms with Crippen LogP contribution < -0.4 is 10.6 Å². The molecular formula is C21H24N4O2S2. The monoisotopic (exact) mass is 428 g/mol. The maximum Gasteiger partial charge on any atom is 0.341 e. The minimum Gasteiger partial charge on any atom is -0.462 e. The summed E-state index contributed by atoms with van der Waals surface area (Å²) in [6, 6.07) is 9.83. The van der Waals surface area contributed by atoms with Gasteiger partial charge in [0.25, 0.3) is 0 Å². The maximum atomic E-state index is 12.8. The van der Waals surface area contributed by atoms with Crippen molar-refractivity contribution in [3.8, 4) is 11.1 Å². The highest BCUT2D eigenvalue weighted by atomic mass is 32.1. The Morgan fingerprint density at radius 3 is 2.55 bits per heavy atom. The number of hydrogen-bond donors (Lipinski definition) is 2. The van der Waals surface area contributed by atoms with Gasteiger partial charge in [-0.05, 0) is 45.5 Å². The Balaban J connectivity index is 1.93. The zero-order valence-corrected chi connectivity index (χ0v) is 18.5. The van der Waals surface area contributed by atoms with Crippen LogP contribution in [-0.2, 0) is 11.3 Å². The van der Waals surface area contributed by atoms with E-state index in [1.807, 2.05) is 55.8 Å². The van der Waals surface area contributed by atoms with Crippen molar-refractivity contribution in [1.82, 2.24) is 9.78 Å². The minimum absolute atomic E-state index is 0.305. The standard InChI is InChI=1S/C21H24N4O2S2/c1-5-25-13(3)16(12-22-25)23-21(28)24-19-18(20(26)27-6-2)17(14(4)29-19)15-10-8-7-9-11-15/h7-12H,5-6H2,1-4H3,(H2,23,24,28). The van der Waals surface area contributed by atoms with Gasteiger partial charge in [-0.2, -0.15) is 5.10 Å². The fourth-order valence-corrected chi connectivity index (χ4v) is 4.47. The van der Waals surface area contributed by atoms with Gasteiger partial charge in [-0.3, -0.25) is 4.68 Å². The van der Waals surface area contributed by atoms with Gasteiger partial charge in [-0.25, -0.2) is 4.79 Å². The molecule has 29 heavy (non-hydrogen) atoms. The molecule has 2 N–H and O–H groups in total. The Labute approximate surface area is 179 Å². The molecule has 0 unspecified atom stereocenters. The van der Waals surface area contributed by atoms with Crippen molar-refractivity contribution >= 4 is 45.3 Å². The first-order chi connectivity index (χ1) is 14.0. The van der Waals surface area contributed by atoms with Crippen molar-refractivity contribution in [2.24, 2.45) is 0 Å². The summed E-state index contributed by atoms with van der Waals surface area (Å²) >= 11 is 6.98. The first kappa shape index (κ1) is 21.0. The summed E-state index contributed by atoms with van der Waals surface area (Å²) in [6.07, 6.45) is 1.74. The molecule has 3 aromatic rings. The fourth-order valence-electron chi connectivity index (χ4n) is 3.13. The molecular weight excluding hydrogens is 404 g/mol. The molecule has 0 saturated heterocycles. The second-order valence-corrected chi connectivity index (χ2v) is 8.00. The summed E-state index contributed by atoms with van der Waals surface area (Å²) in [6.45, 7) is 8.89. The van der Waals surface area contributed by atoms with Gasteiger partial charge in [0.1, 0.15) is 10.6 Å². The van der Waals surface area contributed by atoms with Crippen molar-refractivity contribution in [1.29, 1.82) is 0 Å². The lowest BCUT2D eigenvalue weighted by atomic mass is 10.0. The lowest BCUT2D eigenvalue weighted by molar-refractivity contribution is 0.0529. The zero-order valence-electron chi connectivity index (χ0n) is 16.9. The van der Waals surface area contributed by atoms with Crippen LogP contribution in [0.1, 0.15) is 34.8 Å². The lowest BCUT2D eigenvalue weighted by Crippen LogP contribution is -2.20. The lowest BCUT2D eigenvalue weighted by Gasteiger charge is -2.12. The van der Waals surface area contributed by atoms with E-state index in [0.717, 1.165) is 33.9 Å². The number of esters is 1. The average molecular weight is 429 g/mol. The van der Waals surface area contributed by atoms with E-state index < -0.39 is 0 Å². The number of carbonyl (C=O) groups is 1. The number of rotatable bonds is 6. The van der Waals surface area contributed by atoms with Gasteiger partial charge in [0.05, 0.1) is 24.2 Å². The Hall–Kier alpha value is -2.71. The van der Waals surface area contributed by atoms with Gasteiger partial charge in [-0.1, -0.05) is 30.3 Å². The van der Waals surface area contributed by atoms with Crippen molar-refractivity contribution in [3.63, 3.8) is 0 Å². The molecule has 6 nitrogen and oxygen atoms in total. The van der Waals surface area contributed by atoms with Crippen LogP contribution in [0.5, 0.6) is 0 Å². The molecule has 0 fully saturated rings. The molecule has 2 heterocycles. The SMILES string of the molecule is CCOC(=O)c1c(NC(=S)Nc2cnn(CC)c2C)sc(C)c1-c1ccccc1. The van der Waals surface area contributed by atoms with Crippen LogP contribution in [-0.4, -0.2) is 27.5 Å². The highest BCUT2D eigenvalue weighted by Crippen LogP contribution is 2.40. The van der Waals surface area contributed by atoms with E-state index in [0.29, 0.717) is 22.3 Å². The Bertz CT molecular complexity index is 1020. The molecule has 0 saturated carbocycles. The first-order valence-electron chi connectivity index (χ1n) is 9.42. The minimum atomic E-state index is -0.365. The quantitative estimate of drug-likeness (QED) is 0.414. The normalized spacial score (nSPS) is 10.6. The number of aryl methyl sites for hydroxylation is 2. The summed E-state index contributed by atoms with van der Waals surface area (Å²) in [5.41, 5.74) is 4.17. The smallest absolute Gasteiger partial charge is 0.341 e. The summed E-state index contributed by atoms with van der Waals surface area (Å²) in [4.78, 5) is 13.8. The number of thiophene rings is 1. The summed E-state index contributed by atoms with van der Waals surface area (Å²) in [5.74, 6) is -0.365. The van der Waals surface area contributed by atoms with Crippen LogP contribution in [0, 0.1) is 13.8 Å². The number of carbonyl (C=O) groups excluding carboxylic acids is 1. The highest BCUT2D eigenvalue weighted by Gasteiger charge is 2.25. The zero-order chi connectivity index (χ0) is 21.0. The van der Waals surface area contributed by atoms with E-state index in [9.17, 15) is 4.79 Å². The van der Waals surface area contributed by atoms with Gasteiger partial charge < -0.3 is 15.4 Å². The molecule has 0 aliphatic heterocycles. The van der Waals surface area contributed by atoms with E-state index in [1.165, 1.54) is 11.3 Å². The number of hydrogen-bond acceptors (Lipinski definition) is 5. The van der Waals surface area contributed by atoms with Crippen molar-refractivity contribution in [2.75, 3.05) is 17.2 Å². The van der Waals surface area contributed by atoms with Crippen molar-refractivity contribution in [2.45, 2.75) is 34.2 Å². The molecule has 0 amide bonds. The van der Waals surface area contributed by atoms with Gasteiger partial charge >= 0.3 is 5.97 Å². The molecule has 3 rings (SSSR count). The van der Waals surface area contributed by atoms with Gasteiger partial charge in [0.15, 0.2) is 5.11 Å². The topological polar surface area (TPSA) is 68.2 Å². The number of nitrogens with zero attached hydrogens (tertiary/aromatic N) is 2. The molecule has 0 bridgehead atoms. The van der Waals surface area contributed by atoms with Gasteiger partial charge in [0, 0.05) is 17.0 Å². The molecule has 1 aromatic carbocycles. The number of anilines is 2. The van der Waals surface area contributed by atoms with Gasteiger partial charge in [-0.15, -0.1) is 11.3 Å². The second-order valence-electron chi connectivity index (χ2n) is 6.36. The van der Waals surface area contributed by atoms with E-state index in [1.54, 1.807) is 13.1 Å².